The summed E-state index contributed by atoms with van der Waals surface area (Å²) in [7, 11) is 0. The number of rotatable bonds is 4. The van der Waals surface area contributed by atoms with E-state index in [1.807, 2.05) is 11.5 Å². The number of nitro benzene ring substituents is 1. The molecule has 2 aromatic rings. The van der Waals surface area contributed by atoms with E-state index < -0.39 is 10.7 Å². The largest absolute Gasteiger partial charge is 0.291 e. The standard InChI is InChI=1S/C14H8BrFN4O3/c15-11-5-10(12(19-21)6-14(11)20(22)23)13(7-17)18-9-3-1-8(16)2-4-9/h1-6,19,21H. The van der Waals surface area contributed by atoms with Gasteiger partial charge in [-0.2, -0.15) is 5.26 Å². The van der Waals surface area contributed by atoms with Crippen molar-refractivity contribution in [3.63, 3.8) is 0 Å². The zero-order valence-electron chi connectivity index (χ0n) is 11.3. The molecular formula is C14H8BrFN4O3. The van der Waals surface area contributed by atoms with Gasteiger partial charge in [-0.1, -0.05) is 0 Å². The Hall–Kier alpha value is -2.83. The first-order chi connectivity index (χ1) is 11.0. The van der Waals surface area contributed by atoms with E-state index in [-0.39, 0.29) is 27.1 Å². The zero-order chi connectivity index (χ0) is 17.0. The summed E-state index contributed by atoms with van der Waals surface area (Å²) in [6.07, 6.45) is 0. The lowest BCUT2D eigenvalue weighted by molar-refractivity contribution is -0.385. The van der Waals surface area contributed by atoms with Crippen LogP contribution in [0.4, 0.5) is 21.5 Å². The van der Waals surface area contributed by atoms with Crippen LogP contribution in [-0.2, 0) is 0 Å². The Morgan fingerprint density at radius 3 is 2.57 bits per heavy atom. The summed E-state index contributed by atoms with van der Waals surface area (Å²) in [6.45, 7) is 0. The number of nitriles is 1. The molecule has 0 radical (unpaired) electrons. The Morgan fingerprint density at radius 2 is 2.04 bits per heavy atom. The Morgan fingerprint density at radius 1 is 1.39 bits per heavy atom. The molecule has 0 amide bonds. The second kappa shape index (κ2) is 6.95. The molecular weight excluding hydrogens is 371 g/mol. The third-order valence-corrected chi connectivity index (χ3v) is 3.47. The molecule has 0 fully saturated rings. The molecule has 0 bridgehead atoms. The van der Waals surface area contributed by atoms with E-state index in [0.717, 1.165) is 6.07 Å². The summed E-state index contributed by atoms with van der Waals surface area (Å²) in [6, 6.07) is 9.33. The van der Waals surface area contributed by atoms with Crippen molar-refractivity contribution in [3.8, 4) is 6.07 Å². The number of halogens is 2. The Bertz CT molecular complexity index is 831. The van der Waals surface area contributed by atoms with Gasteiger partial charge in [-0.25, -0.2) is 9.38 Å². The third kappa shape index (κ3) is 3.68. The molecule has 0 atom stereocenters. The van der Waals surface area contributed by atoms with Gasteiger partial charge in [-0.05, 0) is 46.3 Å². The number of hydrogen-bond donors (Lipinski definition) is 2. The number of nitro groups is 1. The summed E-state index contributed by atoms with van der Waals surface area (Å²) >= 11 is 3.04. The van der Waals surface area contributed by atoms with Crippen LogP contribution in [0.2, 0.25) is 0 Å². The molecule has 0 unspecified atom stereocenters. The molecule has 23 heavy (non-hydrogen) atoms. The second-order valence-corrected chi connectivity index (χ2v) is 5.12. The summed E-state index contributed by atoms with van der Waals surface area (Å²) in [5.41, 5.74) is 1.83. The molecule has 7 nitrogen and oxygen atoms in total. The Labute approximate surface area is 137 Å². The van der Waals surface area contributed by atoms with Gasteiger partial charge in [0.25, 0.3) is 5.69 Å². The van der Waals surface area contributed by atoms with Crippen LogP contribution in [0, 0.1) is 27.3 Å². The summed E-state index contributed by atoms with van der Waals surface area (Å²) < 4.78 is 13.0. The smallest absolute Gasteiger partial charge is 0.285 e. The monoisotopic (exact) mass is 378 g/mol. The van der Waals surface area contributed by atoms with E-state index in [1.54, 1.807) is 0 Å². The fraction of sp³-hybridized carbons (Fsp3) is 0. The van der Waals surface area contributed by atoms with Crippen molar-refractivity contribution in [3.05, 3.63) is 62.4 Å². The first kappa shape index (κ1) is 16.5. The van der Waals surface area contributed by atoms with Gasteiger partial charge in [0, 0.05) is 11.6 Å². The Kier molecular flexibility index (Phi) is 5.00. The van der Waals surface area contributed by atoms with E-state index in [9.17, 15) is 19.8 Å². The van der Waals surface area contributed by atoms with E-state index in [4.69, 9.17) is 5.21 Å². The predicted octanol–water partition coefficient (Wildman–Crippen LogP) is 3.94. The molecule has 0 aliphatic rings. The number of nitrogens with zero attached hydrogens (tertiary/aromatic N) is 3. The number of aliphatic imine (C=N–C) groups is 1. The molecule has 0 saturated heterocycles. The Balaban J connectivity index is 2.57. The van der Waals surface area contributed by atoms with E-state index in [0.29, 0.717) is 5.69 Å². The highest BCUT2D eigenvalue weighted by Gasteiger charge is 2.19. The SMILES string of the molecule is N#CC(=Nc1ccc(F)cc1)c1cc(Br)c([N+](=O)[O-])cc1NO. The molecule has 2 aromatic carbocycles. The second-order valence-electron chi connectivity index (χ2n) is 4.27. The van der Waals surface area contributed by atoms with Crippen LogP contribution in [0.5, 0.6) is 0 Å². The van der Waals surface area contributed by atoms with Crippen molar-refractivity contribution in [2.75, 3.05) is 5.48 Å². The molecule has 0 aromatic heterocycles. The molecule has 2 rings (SSSR count). The number of hydrogen-bond acceptors (Lipinski definition) is 6. The number of anilines is 1. The van der Waals surface area contributed by atoms with Gasteiger partial charge < -0.3 is 0 Å². The van der Waals surface area contributed by atoms with Crippen LogP contribution in [0.25, 0.3) is 0 Å². The molecule has 116 valence electrons. The minimum Gasteiger partial charge on any atom is -0.291 e. The lowest BCUT2D eigenvalue weighted by Gasteiger charge is -2.08. The van der Waals surface area contributed by atoms with Crippen LogP contribution in [0.15, 0.2) is 45.9 Å². The van der Waals surface area contributed by atoms with Gasteiger partial charge in [0.2, 0.25) is 0 Å². The average molecular weight is 379 g/mol. The molecule has 0 aliphatic carbocycles. The van der Waals surface area contributed by atoms with Gasteiger partial charge in [0.1, 0.15) is 11.9 Å². The van der Waals surface area contributed by atoms with Crippen molar-refractivity contribution < 1.29 is 14.5 Å². The minimum atomic E-state index is -0.641. The van der Waals surface area contributed by atoms with Crippen molar-refractivity contribution in [2.45, 2.75) is 0 Å². The first-order valence-electron chi connectivity index (χ1n) is 6.09. The van der Waals surface area contributed by atoms with Crippen LogP contribution in [0.3, 0.4) is 0 Å². The van der Waals surface area contributed by atoms with Crippen molar-refractivity contribution in [1.29, 1.82) is 5.26 Å². The summed E-state index contributed by atoms with van der Waals surface area (Å²) in [5, 5.41) is 29.3. The maximum atomic E-state index is 12.9. The zero-order valence-corrected chi connectivity index (χ0v) is 12.9. The van der Waals surface area contributed by atoms with Gasteiger partial charge in [0.15, 0.2) is 5.71 Å². The lowest BCUT2D eigenvalue weighted by Crippen LogP contribution is -2.05. The number of benzene rings is 2. The maximum Gasteiger partial charge on any atom is 0.285 e. The van der Waals surface area contributed by atoms with Crippen molar-refractivity contribution >= 4 is 38.7 Å². The summed E-state index contributed by atoms with van der Waals surface area (Å²) in [5.74, 6) is -0.446. The summed E-state index contributed by atoms with van der Waals surface area (Å²) in [4.78, 5) is 14.3. The highest BCUT2D eigenvalue weighted by Crippen LogP contribution is 2.32. The predicted molar refractivity (Wildman–Crippen MR) is 84.4 cm³/mol. The first-order valence-corrected chi connectivity index (χ1v) is 6.88. The quantitative estimate of drug-likeness (QED) is 0.475. The molecule has 0 heterocycles. The lowest BCUT2D eigenvalue weighted by atomic mass is 10.1. The highest BCUT2D eigenvalue weighted by molar-refractivity contribution is 9.10. The van der Waals surface area contributed by atoms with Crippen LogP contribution in [0.1, 0.15) is 5.56 Å². The number of nitrogens with one attached hydrogen (secondary N) is 1. The minimum absolute atomic E-state index is 0.0534. The highest BCUT2D eigenvalue weighted by atomic mass is 79.9. The van der Waals surface area contributed by atoms with Gasteiger partial charge in [0.05, 0.1) is 20.8 Å². The molecule has 0 spiro atoms. The van der Waals surface area contributed by atoms with Crippen molar-refractivity contribution in [2.24, 2.45) is 4.99 Å². The van der Waals surface area contributed by atoms with Crippen molar-refractivity contribution in [1.82, 2.24) is 0 Å². The molecule has 2 N–H and O–H groups in total. The van der Waals surface area contributed by atoms with Gasteiger partial charge in [-0.15, -0.1) is 0 Å². The van der Waals surface area contributed by atoms with Crippen LogP contribution in [-0.4, -0.2) is 15.8 Å². The van der Waals surface area contributed by atoms with Crippen LogP contribution < -0.4 is 5.48 Å². The van der Waals surface area contributed by atoms with Gasteiger partial charge >= 0.3 is 0 Å². The normalized spacial score (nSPS) is 11.0. The third-order valence-electron chi connectivity index (χ3n) is 2.83. The fourth-order valence-corrected chi connectivity index (χ4v) is 2.27. The van der Waals surface area contributed by atoms with E-state index in [2.05, 4.69) is 20.9 Å². The van der Waals surface area contributed by atoms with E-state index >= 15 is 0 Å². The molecule has 0 saturated carbocycles. The average Bonchev–Trinajstić information content (AvgIpc) is 2.53. The maximum absolute atomic E-state index is 12.9. The van der Waals surface area contributed by atoms with Gasteiger partial charge in [-0.3, -0.25) is 20.8 Å². The molecule has 0 aliphatic heterocycles. The van der Waals surface area contributed by atoms with Crippen LogP contribution >= 0.6 is 15.9 Å². The topological polar surface area (TPSA) is 112 Å². The fourth-order valence-electron chi connectivity index (χ4n) is 1.78. The molecule has 9 heteroatoms. The van der Waals surface area contributed by atoms with E-state index in [1.165, 1.54) is 30.3 Å².